The number of amides is 1. The quantitative estimate of drug-likeness (QED) is 0.792. The maximum absolute atomic E-state index is 12.5. The summed E-state index contributed by atoms with van der Waals surface area (Å²) >= 11 is 0. The number of likely N-dealkylation sites (N-methyl/N-ethyl adjacent to an activating group) is 1. The predicted octanol–water partition coefficient (Wildman–Crippen LogP) is 3.38. The lowest BCUT2D eigenvalue weighted by molar-refractivity contribution is 0.0935. The number of nitriles is 1. The van der Waals surface area contributed by atoms with Crippen molar-refractivity contribution in [2.45, 2.75) is 19.9 Å². The lowest BCUT2D eigenvalue weighted by Gasteiger charge is -2.30. The molecule has 0 aliphatic carbocycles. The Hall–Kier alpha value is -2.84. The van der Waals surface area contributed by atoms with Gasteiger partial charge in [-0.15, -0.1) is 0 Å². The van der Waals surface area contributed by atoms with E-state index in [9.17, 15) is 4.79 Å². The van der Waals surface area contributed by atoms with Crippen LogP contribution in [0.1, 0.15) is 41.4 Å². The monoisotopic (exact) mass is 351 g/mol. The van der Waals surface area contributed by atoms with Gasteiger partial charge in [0.15, 0.2) is 0 Å². The van der Waals surface area contributed by atoms with Crippen LogP contribution in [0.2, 0.25) is 0 Å². The Morgan fingerprint density at radius 3 is 2.46 bits per heavy atom. The third-order valence-electron chi connectivity index (χ3n) is 4.46. The molecule has 0 bridgehead atoms. The number of hydrogen-bond acceptors (Lipinski definition) is 4. The fourth-order valence-electron chi connectivity index (χ4n) is 2.96. The Morgan fingerprint density at radius 1 is 1.19 bits per heavy atom. The molecule has 26 heavy (non-hydrogen) atoms. The molecular formula is C21H25N3O2. The summed E-state index contributed by atoms with van der Waals surface area (Å²) in [7, 11) is 1.65. The summed E-state index contributed by atoms with van der Waals surface area (Å²) in [5.74, 6) is 0.660. The number of ether oxygens (including phenoxy) is 1. The zero-order valence-corrected chi connectivity index (χ0v) is 15.5. The second-order valence-corrected chi connectivity index (χ2v) is 5.91. The van der Waals surface area contributed by atoms with Gasteiger partial charge in [0.25, 0.3) is 5.91 Å². The summed E-state index contributed by atoms with van der Waals surface area (Å²) in [6.45, 7) is 6.47. The molecule has 2 aromatic carbocycles. The van der Waals surface area contributed by atoms with E-state index in [1.54, 1.807) is 31.4 Å². The summed E-state index contributed by atoms with van der Waals surface area (Å²) in [4.78, 5) is 14.8. The second kappa shape index (κ2) is 9.59. The van der Waals surface area contributed by atoms with Gasteiger partial charge in [-0.05, 0) is 55.1 Å². The van der Waals surface area contributed by atoms with Crippen molar-refractivity contribution in [1.29, 1.82) is 5.26 Å². The van der Waals surface area contributed by atoms with Crippen LogP contribution in [0.3, 0.4) is 0 Å². The number of nitrogens with one attached hydrogen (secondary N) is 1. The minimum absolute atomic E-state index is 0.0578. The largest absolute Gasteiger partial charge is 0.497 e. The van der Waals surface area contributed by atoms with Gasteiger partial charge in [-0.25, -0.2) is 0 Å². The Bertz CT molecular complexity index is 762. The number of benzene rings is 2. The zero-order chi connectivity index (χ0) is 18.9. The zero-order valence-electron chi connectivity index (χ0n) is 15.5. The number of rotatable bonds is 8. The van der Waals surface area contributed by atoms with Gasteiger partial charge in [0, 0.05) is 12.1 Å². The highest BCUT2D eigenvalue weighted by molar-refractivity contribution is 5.94. The molecule has 1 amide bonds. The van der Waals surface area contributed by atoms with E-state index in [1.165, 1.54) is 0 Å². The predicted molar refractivity (Wildman–Crippen MR) is 102 cm³/mol. The van der Waals surface area contributed by atoms with Crippen LogP contribution in [0.5, 0.6) is 5.75 Å². The Labute approximate surface area is 155 Å². The van der Waals surface area contributed by atoms with E-state index in [2.05, 4.69) is 36.2 Å². The maximum atomic E-state index is 12.5. The normalized spacial score (nSPS) is 11.7. The first-order chi connectivity index (χ1) is 12.6. The summed E-state index contributed by atoms with van der Waals surface area (Å²) in [6, 6.07) is 16.7. The van der Waals surface area contributed by atoms with Crippen molar-refractivity contribution in [3.05, 3.63) is 65.2 Å². The highest BCUT2D eigenvalue weighted by Crippen LogP contribution is 2.24. The molecule has 2 aromatic rings. The maximum Gasteiger partial charge on any atom is 0.251 e. The molecule has 0 saturated carbocycles. The van der Waals surface area contributed by atoms with Crippen LogP contribution in [0.4, 0.5) is 0 Å². The molecule has 0 heterocycles. The first kappa shape index (κ1) is 19.5. The van der Waals surface area contributed by atoms with Crippen molar-refractivity contribution in [1.82, 2.24) is 10.2 Å². The topological polar surface area (TPSA) is 65.4 Å². The van der Waals surface area contributed by atoms with Gasteiger partial charge in [-0.1, -0.05) is 26.0 Å². The van der Waals surface area contributed by atoms with Gasteiger partial charge in [0.05, 0.1) is 24.8 Å². The van der Waals surface area contributed by atoms with Crippen molar-refractivity contribution in [3.8, 4) is 11.8 Å². The first-order valence-electron chi connectivity index (χ1n) is 8.79. The molecular weight excluding hydrogens is 326 g/mol. The third kappa shape index (κ3) is 4.84. The number of hydrogen-bond donors (Lipinski definition) is 1. The molecule has 0 radical (unpaired) electrons. The molecule has 1 N–H and O–H groups in total. The number of carbonyl (C=O) groups is 1. The molecule has 1 unspecified atom stereocenters. The van der Waals surface area contributed by atoms with E-state index in [4.69, 9.17) is 10.00 Å². The van der Waals surface area contributed by atoms with Crippen LogP contribution in [0, 0.1) is 11.3 Å². The van der Waals surface area contributed by atoms with Crippen molar-refractivity contribution >= 4 is 5.91 Å². The molecule has 5 nitrogen and oxygen atoms in total. The number of carbonyl (C=O) groups excluding carboxylic acids is 1. The smallest absolute Gasteiger partial charge is 0.251 e. The molecule has 0 fully saturated rings. The van der Waals surface area contributed by atoms with Crippen molar-refractivity contribution in [2.75, 3.05) is 26.7 Å². The van der Waals surface area contributed by atoms with Gasteiger partial charge in [0.2, 0.25) is 0 Å². The van der Waals surface area contributed by atoms with Gasteiger partial charge in [0.1, 0.15) is 5.75 Å². The minimum atomic E-state index is -0.144. The Balaban J connectivity index is 2.15. The summed E-state index contributed by atoms with van der Waals surface area (Å²) in [6.07, 6.45) is 0. The fourth-order valence-corrected chi connectivity index (χ4v) is 2.96. The molecule has 0 spiro atoms. The van der Waals surface area contributed by atoms with E-state index in [0.29, 0.717) is 17.7 Å². The number of methoxy groups -OCH3 is 1. The molecule has 136 valence electrons. The molecule has 0 aliphatic heterocycles. The highest BCUT2D eigenvalue weighted by atomic mass is 16.5. The van der Waals surface area contributed by atoms with Gasteiger partial charge in [-0.3, -0.25) is 9.69 Å². The van der Waals surface area contributed by atoms with Crippen LogP contribution in [0.15, 0.2) is 48.5 Å². The molecule has 0 aromatic heterocycles. The fraction of sp³-hybridized carbons (Fsp3) is 0.333. The highest BCUT2D eigenvalue weighted by Gasteiger charge is 2.19. The standard InChI is InChI=1S/C21H25N3O2/c1-4-24(5-2)20(18-7-6-8-19(13-18)26-3)15-23-21(25)17-11-9-16(14-22)10-12-17/h6-13,20H,4-5,15H2,1-3H3,(H,23,25). The molecule has 5 heteroatoms. The Kier molecular flexibility index (Phi) is 7.19. The van der Waals surface area contributed by atoms with Gasteiger partial charge in [-0.2, -0.15) is 5.26 Å². The molecule has 0 aliphatic rings. The molecule has 0 saturated heterocycles. The van der Waals surface area contributed by atoms with Crippen molar-refractivity contribution < 1.29 is 9.53 Å². The average Bonchev–Trinajstić information content (AvgIpc) is 2.71. The van der Waals surface area contributed by atoms with E-state index >= 15 is 0 Å². The van der Waals surface area contributed by atoms with Crippen LogP contribution in [-0.4, -0.2) is 37.6 Å². The van der Waals surface area contributed by atoms with Crippen LogP contribution in [-0.2, 0) is 0 Å². The van der Waals surface area contributed by atoms with E-state index < -0.39 is 0 Å². The third-order valence-corrected chi connectivity index (χ3v) is 4.46. The lowest BCUT2D eigenvalue weighted by atomic mass is 10.0. The first-order valence-corrected chi connectivity index (χ1v) is 8.79. The van der Waals surface area contributed by atoms with Crippen LogP contribution < -0.4 is 10.1 Å². The number of nitrogens with zero attached hydrogens (tertiary/aromatic N) is 2. The van der Waals surface area contributed by atoms with Crippen molar-refractivity contribution in [2.24, 2.45) is 0 Å². The summed E-state index contributed by atoms with van der Waals surface area (Å²) < 4.78 is 5.34. The van der Waals surface area contributed by atoms with Gasteiger partial charge >= 0.3 is 0 Å². The summed E-state index contributed by atoms with van der Waals surface area (Å²) in [5.41, 5.74) is 2.19. The SMILES string of the molecule is CCN(CC)C(CNC(=O)c1ccc(C#N)cc1)c1cccc(OC)c1. The molecule has 2 rings (SSSR count). The van der Waals surface area contributed by atoms with E-state index in [-0.39, 0.29) is 11.9 Å². The van der Waals surface area contributed by atoms with Crippen LogP contribution in [0.25, 0.3) is 0 Å². The van der Waals surface area contributed by atoms with Gasteiger partial charge < -0.3 is 10.1 Å². The van der Waals surface area contributed by atoms with E-state index in [1.807, 2.05) is 18.2 Å². The second-order valence-electron chi connectivity index (χ2n) is 5.91. The molecule has 1 atom stereocenters. The lowest BCUT2D eigenvalue weighted by Crippen LogP contribution is -2.38. The Morgan fingerprint density at radius 2 is 1.88 bits per heavy atom. The summed E-state index contributed by atoms with van der Waals surface area (Å²) in [5, 5.41) is 11.9. The van der Waals surface area contributed by atoms with E-state index in [0.717, 1.165) is 24.4 Å². The minimum Gasteiger partial charge on any atom is -0.497 e. The average molecular weight is 351 g/mol. The van der Waals surface area contributed by atoms with Crippen LogP contribution >= 0.6 is 0 Å². The van der Waals surface area contributed by atoms with Crippen molar-refractivity contribution in [3.63, 3.8) is 0 Å².